The van der Waals surface area contributed by atoms with Gasteiger partial charge in [0.2, 0.25) is 11.6 Å². The van der Waals surface area contributed by atoms with Gasteiger partial charge in [0.15, 0.2) is 6.10 Å². The van der Waals surface area contributed by atoms with E-state index in [0.717, 1.165) is 0 Å². The number of ether oxygens (including phenoxy) is 5. The van der Waals surface area contributed by atoms with Gasteiger partial charge in [0.25, 0.3) is 0 Å². The van der Waals surface area contributed by atoms with Crippen molar-refractivity contribution in [2.45, 2.75) is 51.3 Å². The molecular formula is C14H20N4O8. The number of nitrogens with one attached hydrogen (secondary N) is 1. The molecule has 0 radical (unpaired) electrons. The highest BCUT2D eigenvalue weighted by Gasteiger charge is 2.54. The van der Waals surface area contributed by atoms with Crippen molar-refractivity contribution in [1.82, 2.24) is 20.6 Å². The van der Waals surface area contributed by atoms with Gasteiger partial charge in [-0.2, -0.15) is 5.21 Å². The first kappa shape index (κ1) is 19.7. The van der Waals surface area contributed by atoms with Crippen molar-refractivity contribution in [3.05, 3.63) is 5.82 Å². The molecule has 12 heteroatoms. The molecule has 1 aromatic heterocycles. The zero-order valence-corrected chi connectivity index (χ0v) is 14.8. The van der Waals surface area contributed by atoms with E-state index in [-0.39, 0.29) is 18.9 Å². The maximum absolute atomic E-state index is 11.5. The third-order valence-electron chi connectivity index (χ3n) is 3.63. The number of aromatic amines is 1. The van der Waals surface area contributed by atoms with Crippen LogP contribution in [-0.2, 0) is 43.9 Å². The van der Waals surface area contributed by atoms with Crippen LogP contribution in [0.3, 0.4) is 0 Å². The number of tetrazole rings is 1. The van der Waals surface area contributed by atoms with Gasteiger partial charge in [-0.3, -0.25) is 14.4 Å². The van der Waals surface area contributed by atoms with Gasteiger partial charge < -0.3 is 23.7 Å². The van der Waals surface area contributed by atoms with Crippen molar-refractivity contribution in [2.24, 2.45) is 0 Å². The van der Waals surface area contributed by atoms with E-state index in [2.05, 4.69) is 20.6 Å². The number of H-pyrrole nitrogens is 1. The van der Waals surface area contributed by atoms with Gasteiger partial charge >= 0.3 is 17.9 Å². The lowest BCUT2D eigenvalue weighted by Crippen LogP contribution is -2.58. The summed E-state index contributed by atoms with van der Waals surface area (Å²) in [5, 5.41) is 13.5. The quantitative estimate of drug-likeness (QED) is 0.494. The summed E-state index contributed by atoms with van der Waals surface area (Å²) in [6, 6.07) is 0. The molecule has 1 aliphatic heterocycles. The summed E-state index contributed by atoms with van der Waals surface area (Å²) in [7, 11) is 1.34. The lowest BCUT2D eigenvalue weighted by Gasteiger charge is -2.44. The van der Waals surface area contributed by atoms with E-state index in [4.69, 9.17) is 23.7 Å². The number of hydrogen-bond acceptors (Lipinski definition) is 11. The summed E-state index contributed by atoms with van der Waals surface area (Å²) < 4.78 is 26.9. The first-order valence-electron chi connectivity index (χ1n) is 7.72. The standard InChI is InChI=1S/C14H20N4O8/c1-7(19)23-6-11-12(25-9(3)21)10(24-8(2)20)5-14(22-4,26-11)13-15-17-18-16-13/h10-12H,5-6H2,1-4H3,(H,15,16,17,18)/t10-,11-,12-,14+/m1/s1. The Hall–Kier alpha value is -2.60. The van der Waals surface area contributed by atoms with Gasteiger partial charge in [0, 0.05) is 27.9 Å². The van der Waals surface area contributed by atoms with Gasteiger partial charge in [0.1, 0.15) is 18.8 Å². The molecule has 1 saturated heterocycles. The van der Waals surface area contributed by atoms with Crippen LogP contribution >= 0.6 is 0 Å². The smallest absolute Gasteiger partial charge is 0.303 e. The van der Waals surface area contributed by atoms with Crippen molar-refractivity contribution >= 4 is 17.9 Å². The highest BCUT2D eigenvalue weighted by Crippen LogP contribution is 2.39. The highest BCUT2D eigenvalue weighted by atomic mass is 16.7. The van der Waals surface area contributed by atoms with Crippen LogP contribution < -0.4 is 0 Å². The van der Waals surface area contributed by atoms with Crippen LogP contribution in [-0.4, -0.2) is 70.6 Å². The Morgan fingerprint density at radius 2 is 1.88 bits per heavy atom. The van der Waals surface area contributed by atoms with E-state index in [9.17, 15) is 14.4 Å². The fourth-order valence-corrected chi connectivity index (χ4v) is 2.66. The Labute approximate surface area is 148 Å². The molecule has 26 heavy (non-hydrogen) atoms. The minimum absolute atomic E-state index is 0.0475. The second kappa shape index (κ2) is 8.19. The normalized spacial score (nSPS) is 28.2. The molecule has 2 rings (SSSR count). The van der Waals surface area contributed by atoms with Gasteiger partial charge in [0.05, 0.1) is 6.42 Å². The van der Waals surface area contributed by atoms with Crippen LogP contribution in [0.2, 0.25) is 0 Å². The van der Waals surface area contributed by atoms with Crippen LogP contribution in [0.4, 0.5) is 0 Å². The zero-order chi connectivity index (χ0) is 19.3. The van der Waals surface area contributed by atoms with Crippen molar-refractivity contribution in [3.63, 3.8) is 0 Å². The summed E-state index contributed by atoms with van der Waals surface area (Å²) in [5.41, 5.74) is 0. The Kier molecular flexibility index (Phi) is 6.21. The fraction of sp³-hybridized carbons (Fsp3) is 0.714. The van der Waals surface area contributed by atoms with Crippen LogP contribution in [0.5, 0.6) is 0 Å². The first-order chi connectivity index (χ1) is 12.3. The summed E-state index contributed by atoms with van der Waals surface area (Å²) >= 11 is 0. The number of carbonyl (C=O) groups excluding carboxylic acids is 3. The Morgan fingerprint density at radius 3 is 2.38 bits per heavy atom. The lowest BCUT2D eigenvalue weighted by molar-refractivity contribution is -0.329. The second-order valence-corrected chi connectivity index (χ2v) is 5.58. The fourth-order valence-electron chi connectivity index (χ4n) is 2.66. The number of esters is 3. The van der Waals surface area contributed by atoms with Gasteiger partial charge in [-0.1, -0.05) is 0 Å². The molecule has 0 spiro atoms. The first-order valence-corrected chi connectivity index (χ1v) is 7.72. The molecule has 0 unspecified atom stereocenters. The Morgan fingerprint density at radius 1 is 1.19 bits per heavy atom. The van der Waals surface area contributed by atoms with Crippen molar-refractivity contribution in [2.75, 3.05) is 13.7 Å². The van der Waals surface area contributed by atoms with Crippen LogP contribution in [0.25, 0.3) is 0 Å². The summed E-state index contributed by atoms with van der Waals surface area (Å²) in [4.78, 5) is 34.2. The van der Waals surface area contributed by atoms with E-state index < -0.39 is 42.0 Å². The minimum Gasteiger partial charge on any atom is -0.463 e. The minimum atomic E-state index is -1.55. The summed E-state index contributed by atoms with van der Waals surface area (Å²) in [6.45, 7) is 3.36. The molecule has 0 aliphatic carbocycles. The number of hydrogen-bond donors (Lipinski definition) is 1. The molecule has 0 aromatic carbocycles. The van der Waals surface area contributed by atoms with E-state index in [1.807, 2.05) is 0 Å². The molecular weight excluding hydrogens is 352 g/mol. The van der Waals surface area contributed by atoms with Gasteiger partial charge in [-0.05, 0) is 5.21 Å². The van der Waals surface area contributed by atoms with Crippen molar-refractivity contribution < 1.29 is 38.1 Å². The van der Waals surface area contributed by atoms with Gasteiger partial charge in [-0.15, -0.1) is 10.2 Å². The van der Waals surface area contributed by atoms with E-state index >= 15 is 0 Å². The van der Waals surface area contributed by atoms with Crippen LogP contribution in [0, 0.1) is 0 Å². The number of rotatable bonds is 6. The molecule has 2 heterocycles. The Balaban J connectivity index is 2.39. The molecule has 1 aromatic rings. The largest absolute Gasteiger partial charge is 0.463 e. The predicted octanol–water partition coefficient (Wildman–Crippen LogP) is -0.786. The molecule has 1 N–H and O–H groups in total. The monoisotopic (exact) mass is 372 g/mol. The summed E-state index contributed by atoms with van der Waals surface area (Å²) in [5.74, 6) is -3.28. The summed E-state index contributed by atoms with van der Waals surface area (Å²) in [6.07, 6.45) is -3.05. The van der Waals surface area contributed by atoms with E-state index in [0.29, 0.717) is 0 Å². The average Bonchev–Trinajstić information content (AvgIpc) is 3.09. The van der Waals surface area contributed by atoms with Crippen LogP contribution in [0.1, 0.15) is 33.0 Å². The molecule has 144 valence electrons. The lowest BCUT2D eigenvalue weighted by atomic mass is 9.94. The molecule has 4 atom stereocenters. The molecule has 1 aliphatic rings. The van der Waals surface area contributed by atoms with E-state index in [1.165, 1.54) is 27.9 Å². The number of methoxy groups -OCH3 is 1. The SMILES string of the molecule is CO[C@@]1(c2nn[nH]n2)C[C@@H](OC(C)=O)[C@@H](OC(C)=O)[C@@H](COC(C)=O)O1. The topological polar surface area (TPSA) is 152 Å². The second-order valence-electron chi connectivity index (χ2n) is 5.58. The van der Waals surface area contributed by atoms with Crippen molar-refractivity contribution in [1.29, 1.82) is 0 Å². The zero-order valence-electron chi connectivity index (χ0n) is 14.8. The molecule has 1 fully saturated rings. The number of carbonyl (C=O) groups is 3. The molecule has 0 saturated carbocycles. The highest BCUT2D eigenvalue weighted by molar-refractivity contribution is 5.67. The van der Waals surface area contributed by atoms with Crippen LogP contribution in [0.15, 0.2) is 0 Å². The molecule has 12 nitrogen and oxygen atoms in total. The predicted molar refractivity (Wildman–Crippen MR) is 80.1 cm³/mol. The third-order valence-corrected chi connectivity index (χ3v) is 3.63. The number of aromatic nitrogens is 4. The number of nitrogens with zero attached hydrogens (tertiary/aromatic N) is 3. The third kappa shape index (κ3) is 4.52. The average molecular weight is 372 g/mol. The Bertz CT molecular complexity index is 651. The molecule has 0 amide bonds. The van der Waals surface area contributed by atoms with Crippen molar-refractivity contribution in [3.8, 4) is 0 Å². The van der Waals surface area contributed by atoms with E-state index in [1.54, 1.807) is 0 Å². The molecule has 0 bridgehead atoms. The van der Waals surface area contributed by atoms with Gasteiger partial charge in [-0.25, -0.2) is 0 Å². The maximum atomic E-state index is 11.5. The maximum Gasteiger partial charge on any atom is 0.303 e.